The molecule has 2 aromatic rings. The minimum Gasteiger partial charge on any atom is -0.507 e. The first-order chi connectivity index (χ1) is 14.9. The largest absolute Gasteiger partial charge is 0.507 e. The molecule has 0 bridgehead atoms. The Labute approximate surface area is 181 Å². The van der Waals surface area contributed by atoms with Crippen molar-refractivity contribution in [2.45, 2.75) is 19.9 Å². The Morgan fingerprint density at radius 2 is 1.74 bits per heavy atom. The summed E-state index contributed by atoms with van der Waals surface area (Å²) in [5.41, 5.74) is 1.96. The van der Waals surface area contributed by atoms with Crippen molar-refractivity contribution in [1.29, 1.82) is 0 Å². The van der Waals surface area contributed by atoms with Crippen LogP contribution in [0.4, 0.5) is 0 Å². The first-order valence-corrected chi connectivity index (χ1v) is 10.1. The van der Waals surface area contributed by atoms with Crippen LogP contribution in [0.2, 0.25) is 0 Å². The Hall–Kier alpha value is -3.32. The van der Waals surface area contributed by atoms with Gasteiger partial charge in [0.25, 0.3) is 11.7 Å². The second kappa shape index (κ2) is 9.66. The maximum absolute atomic E-state index is 13.0. The van der Waals surface area contributed by atoms with Crippen LogP contribution in [0, 0.1) is 6.92 Å². The molecule has 1 amide bonds. The van der Waals surface area contributed by atoms with Crippen LogP contribution in [0.5, 0.6) is 11.5 Å². The van der Waals surface area contributed by atoms with Crippen molar-refractivity contribution in [2.75, 3.05) is 34.0 Å². The van der Waals surface area contributed by atoms with Crippen LogP contribution in [0.25, 0.3) is 5.76 Å². The number of benzene rings is 2. The molecule has 3 rings (SSSR count). The highest BCUT2D eigenvalue weighted by Gasteiger charge is 2.46. The van der Waals surface area contributed by atoms with Crippen LogP contribution in [0.3, 0.4) is 0 Å². The number of ketones is 1. The van der Waals surface area contributed by atoms with Gasteiger partial charge in [0.1, 0.15) is 17.3 Å². The van der Waals surface area contributed by atoms with Crippen molar-refractivity contribution in [3.63, 3.8) is 0 Å². The number of ether oxygens (including phenoxy) is 3. The van der Waals surface area contributed by atoms with Crippen LogP contribution in [-0.2, 0) is 14.3 Å². The molecule has 7 nitrogen and oxygen atoms in total. The fourth-order valence-electron chi connectivity index (χ4n) is 3.73. The molecule has 7 heteroatoms. The van der Waals surface area contributed by atoms with Crippen LogP contribution in [0.15, 0.2) is 48.0 Å². The Bertz CT molecular complexity index is 996. The predicted octanol–water partition coefficient (Wildman–Crippen LogP) is 3.47. The lowest BCUT2D eigenvalue weighted by Crippen LogP contribution is -2.32. The molecule has 0 spiro atoms. The molecule has 31 heavy (non-hydrogen) atoms. The van der Waals surface area contributed by atoms with Gasteiger partial charge >= 0.3 is 0 Å². The van der Waals surface area contributed by atoms with E-state index in [1.807, 2.05) is 13.8 Å². The third kappa shape index (κ3) is 4.41. The molecule has 1 fully saturated rings. The Morgan fingerprint density at radius 3 is 2.32 bits per heavy atom. The van der Waals surface area contributed by atoms with Crippen LogP contribution in [-0.4, -0.2) is 55.7 Å². The van der Waals surface area contributed by atoms with E-state index in [0.717, 1.165) is 5.56 Å². The molecule has 0 aromatic heterocycles. The molecule has 0 saturated carbocycles. The second-order valence-electron chi connectivity index (χ2n) is 7.17. The molecule has 0 radical (unpaired) electrons. The van der Waals surface area contributed by atoms with Gasteiger partial charge in [-0.2, -0.15) is 0 Å². The van der Waals surface area contributed by atoms with Gasteiger partial charge in [-0.1, -0.05) is 12.1 Å². The number of amides is 1. The predicted molar refractivity (Wildman–Crippen MR) is 116 cm³/mol. The maximum atomic E-state index is 13.0. The van der Waals surface area contributed by atoms with Gasteiger partial charge < -0.3 is 24.2 Å². The van der Waals surface area contributed by atoms with E-state index < -0.39 is 17.7 Å². The van der Waals surface area contributed by atoms with E-state index in [0.29, 0.717) is 29.2 Å². The molecular formula is C24H27NO6. The van der Waals surface area contributed by atoms with Crippen LogP contribution in [0.1, 0.15) is 29.7 Å². The van der Waals surface area contributed by atoms with Crippen molar-refractivity contribution in [3.05, 3.63) is 64.7 Å². The molecule has 1 N–H and O–H groups in total. The first-order valence-electron chi connectivity index (χ1n) is 10.1. The summed E-state index contributed by atoms with van der Waals surface area (Å²) in [5, 5.41) is 11.1. The van der Waals surface area contributed by atoms with Crippen molar-refractivity contribution < 1.29 is 28.9 Å². The third-order valence-electron chi connectivity index (χ3n) is 5.27. The highest BCUT2D eigenvalue weighted by molar-refractivity contribution is 6.46. The summed E-state index contributed by atoms with van der Waals surface area (Å²) < 4.78 is 15.9. The third-order valence-corrected chi connectivity index (χ3v) is 5.27. The fourth-order valence-corrected chi connectivity index (χ4v) is 3.73. The quantitative estimate of drug-likeness (QED) is 0.396. The number of aliphatic hydroxyl groups is 1. The number of rotatable bonds is 8. The number of carbonyl (C=O) groups excluding carboxylic acids is 2. The lowest BCUT2D eigenvalue weighted by atomic mass is 9.94. The number of nitrogens with zero attached hydrogens (tertiary/aromatic N) is 1. The molecule has 2 aromatic carbocycles. The average Bonchev–Trinajstić information content (AvgIpc) is 3.02. The van der Waals surface area contributed by atoms with E-state index in [1.54, 1.807) is 49.6 Å². The minimum atomic E-state index is -0.729. The van der Waals surface area contributed by atoms with Gasteiger partial charge in [0.15, 0.2) is 0 Å². The summed E-state index contributed by atoms with van der Waals surface area (Å²) in [5.74, 6) is -0.271. The zero-order valence-corrected chi connectivity index (χ0v) is 18.2. The van der Waals surface area contributed by atoms with Crippen molar-refractivity contribution in [3.8, 4) is 11.5 Å². The van der Waals surface area contributed by atoms with Gasteiger partial charge in [0, 0.05) is 19.2 Å². The van der Waals surface area contributed by atoms with Gasteiger partial charge in [-0.15, -0.1) is 0 Å². The molecule has 1 aliphatic rings. The number of aryl methyl sites for hydroxylation is 1. The zero-order chi connectivity index (χ0) is 22.5. The highest BCUT2D eigenvalue weighted by Crippen LogP contribution is 2.40. The van der Waals surface area contributed by atoms with Gasteiger partial charge in [-0.3, -0.25) is 9.59 Å². The van der Waals surface area contributed by atoms with Crippen molar-refractivity contribution in [2.24, 2.45) is 0 Å². The molecule has 164 valence electrons. The van der Waals surface area contributed by atoms with Crippen LogP contribution >= 0.6 is 0 Å². The summed E-state index contributed by atoms with van der Waals surface area (Å²) in [4.78, 5) is 27.2. The van der Waals surface area contributed by atoms with E-state index in [1.165, 1.54) is 12.0 Å². The van der Waals surface area contributed by atoms with E-state index in [2.05, 4.69) is 0 Å². The lowest BCUT2D eigenvalue weighted by molar-refractivity contribution is -0.140. The Balaban J connectivity index is 2.13. The first kappa shape index (κ1) is 22.4. The summed E-state index contributed by atoms with van der Waals surface area (Å²) in [7, 11) is 3.09. The van der Waals surface area contributed by atoms with Crippen molar-refractivity contribution in [1.82, 2.24) is 4.90 Å². The fraction of sp³-hybridized carbons (Fsp3) is 0.333. The summed E-state index contributed by atoms with van der Waals surface area (Å²) >= 11 is 0. The molecule has 1 aliphatic heterocycles. The number of aliphatic hydroxyl groups excluding tert-OH is 1. The molecular weight excluding hydrogens is 398 g/mol. The standard InChI is InChI=1S/C24H27NO6/c1-5-31-17-8-6-16(7-9-17)21-20(23(27)24(28)25(21)12-13-29-3)22(26)19-11-10-18(30-4)14-15(19)2/h6-11,14,21,26H,5,12-13H2,1-4H3/t21-/m0/s1. The molecule has 1 atom stereocenters. The summed E-state index contributed by atoms with van der Waals surface area (Å²) in [6.07, 6.45) is 0. The zero-order valence-electron chi connectivity index (χ0n) is 18.2. The SMILES string of the molecule is CCOc1ccc([C@H]2C(=C(O)c3ccc(OC)cc3C)C(=O)C(=O)N2CCOC)cc1. The lowest BCUT2D eigenvalue weighted by Gasteiger charge is -2.25. The number of hydrogen-bond acceptors (Lipinski definition) is 6. The minimum absolute atomic E-state index is 0.0542. The maximum Gasteiger partial charge on any atom is 0.295 e. The van der Waals surface area contributed by atoms with Gasteiger partial charge in [0.2, 0.25) is 0 Å². The number of carbonyl (C=O) groups is 2. The van der Waals surface area contributed by atoms with Gasteiger partial charge in [-0.25, -0.2) is 0 Å². The monoisotopic (exact) mass is 425 g/mol. The summed E-state index contributed by atoms with van der Waals surface area (Å²) in [6.45, 7) is 4.72. The molecule has 1 heterocycles. The van der Waals surface area contributed by atoms with Gasteiger partial charge in [0.05, 0.1) is 31.9 Å². The highest BCUT2D eigenvalue weighted by atomic mass is 16.5. The number of hydrogen-bond donors (Lipinski definition) is 1. The van der Waals surface area contributed by atoms with Gasteiger partial charge in [-0.05, 0) is 55.3 Å². The number of likely N-dealkylation sites (tertiary alicyclic amines) is 1. The average molecular weight is 425 g/mol. The van der Waals surface area contributed by atoms with E-state index in [4.69, 9.17) is 14.2 Å². The Morgan fingerprint density at radius 1 is 1.06 bits per heavy atom. The normalized spacial score (nSPS) is 17.8. The van der Waals surface area contributed by atoms with E-state index in [9.17, 15) is 14.7 Å². The molecule has 1 saturated heterocycles. The van der Waals surface area contributed by atoms with E-state index >= 15 is 0 Å². The topological polar surface area (TPSA) is 85.3 Å². The van der Waals surface area contributed by atoms with E-state index in [-0.39, 0.29) is 24.5 Å². The molecule has 0 unspecified atom stereocenters. The van der Waals surface area contributed by atoms with Crippen LogP contribution < -0.4 is 9.47 Å². The smallest absolute Gasteiger partial charge is 0.295 e. The second-order valence-corrected chi connectivity index (χ2v) is 7.17. The van der Waals surface area contributed by atoms with Crippen molar-refractivity contribution >= 4 is 17.4 Å². The number of methoxy groups -OCH3 is 2. The summed E-state index contributed by atoms with van der Waals surface area (Å²) in [6, 6.07) is 11.6. The Kier molecular flexibility index (Phi) is 6.97. The molecule has 0 aliphatic carbocycles. The number of Topliss-reactive ketones (excluding diaryl/α,β-unsaturated/α-hetero) is 1.